The van der Waals surface area contributed by atoms with E-state index < -0.39 is 41.6 Å². The number of hydrogen-bond donors (Lipinski definition) is 0. The normalized spacial score (nSPS) is 15.0. The van der Waals surface area contributed by atoms with Crippen LogP contribution >= 0.6 is 15.9 Å². The first-order valence-electron chi connectivity index (χ1n) is 5.88. The van der Waals surface area contributed by atoms with E-state index in [1.54, 1.807) is 0 Å². The molecule has 0 fully saturated rings. The molecule has 1 aromatic rings. The van der Waals surface area contributed by atoms with Crippen LogP contribution in [0.15, 0.2) is 28.7 Å². The second-order valence-corrected chi connectivity index (χ2v) is 5.65. The predicted molar refractivity (Wildman–Crippen MR) is 63.8 cm³/mol. The van der Waals surface area contributed by atoms with Crippen molar-refractivity contribution < 1.29 is 52.7 Å². The zero-order chi connectivity index (χ0) is 20.1. The largest absolute Gasteiger partial charge is 0.385 e. The summed E-state index contributed by atoms with van der Waals surface area (Å²) < 4.78 is 156. The standard InChI is InChI=1S/C12H5BrF12/c13-6-3-1-2-5(4-6)8(16,17)10(20,21)12(24,25)11(22,23)9(18,19)7(14)15/h1-4,7H. The van der Waals surface area contributed by atoms with Gasteiger partial charge in [-0.3, -0.25) is 0 Å². The molecule has 0 aliphatic heterocycles. The van der Waals surface area contributed by atoms with Gasteiger partial charge in [-0.1, -0.05) is 28.1 Å². The van der Waals surface area contributed by atoms with Crippen LogP contribution in [-0.4, -0.2) is 30.1 Å². The molecule has 0 heterocycles. The van der Waals surface area contributed by atoms with Crippen molar-refractivity contribution in [2.45, 2.75) is 36.0 Å². The lowest BCUT2D eigenvalue weighted by Gasteiger charge is -2.39. The summed E-state index contributed by atoms with van der Waals surface area (Å²) in [6.07, 6.45) is -5.51. The lowest BCUT2D eigenvalue weighted by Crippen LogP contribution is -2.67. The van der Waals surface area contributed by atoms with Crippen molar-refractivity contribution in [1.82, 2.24) is 0 Å². The van der Waals surface area contributed by atoms with Crippen molar-refractivity contribution in [3.8, 4) is 0 Å². The lowest BCUT2D eigenvalue weighted by atomic mass is 9.91. The Morgan fingerprint density at radius 1 is 0.720 bits per heavy atom. The molecule has 0 N–H and O–H groups in total. The van der Waals surface area contributed by atoms with Crippen molar-refractivity contribution in [3.63, 3.8) is 0 Å². The molecule has 0 bridgehead atoms. The Morgan fingerprint density at radius 3 is 1.60 bits per heavy atom. The zero-order valence-corrected chi connectivity index (χ0v) is 12.9. The Hall–Kier alpha value is -1.14. The van der Waals surface area contributed by atoms with E-state index in [0.717, 1.165) is 6.07 Å². The second-order valence-electron chi connectivity index (χ2n) is 4.73. The van der Waals surface area contributed by atoms with Gasteiger partial charge >= 0.3 is 36.0 Å². The van der Waals surface area contributed by atoms with Crippen LogP contribution < -0.4 is 0 Å². The Labute approximate surface area is 139 Å². The molecule has 1 aromatic carbocycles. The van der Waals surface area contributed by atoms with E-state index in [9.17, 15) is 52.7 Å². The van der Waals surface area contributed by atoms with Gasteiger partial charge in [0.25, 0.3) is 0 Å². The minimum atomic E-state index is -7.52. The van der Waals surface area contributed by atoms with Crippen LogP contribution in [0.3, 0.4) is 0 Å². The minimum Gasteiger partial charge on any atom is -0.203 e. The molecule has 0 saturated heterocycles. The van der Waals surface area contributed by atoms with Gasteiger partial charge in [0, 0.05) is 10.0 Å². The van der Waals surface area contributed by atoms with E-state index in [4.69, 9.17) is 0 Å². The molecule has 0 saturated carbocycles. The van der Waals surface area contributed by atoms with E-state index >= 15 is 0 Å². The van der Waals surface area contributed by atoms with Gasteiger partial charge in [0.15, 0.2) is 0 Å². The summed E-state index contributed by atoms with van der Waals surface area (Å²) in [4.78, 5) is 0. The molecule has 0 spiro atoms. The Balaban J connectivity index is 3.53. The fourth-order valence-corrected chi connectivity index (χ4v) is 2.00. The number of hydrogen-bond acceptors (Lipinski definition) is 0. The van der Waals surface area contributed by atoms with Crippen LogP contribution in [0.5, 0.6) is 0 Å². The van der Waals surface area contributed by atoms with Gasteiger partial charge in [0.2, 0.25) is 0 Å². The molecule has 25 heavy (non-hydrogen) atoms. The van der Waals surface area contributed by atoms with E-state index in [-0.39, 0.29) is 16.6 Å². The molecule has 1 rings (SSSR count). The maximum Gasteiger partial charge on any atom is 0.385 e. The maximum absolute atomic E-state index is 13.7. The Kier molecular flexibility index (Phi) is 5.46. The zero-order valence-electron chi connectivity index (χ0n) is 11.3. The third-order valence-electron chi connectivity index (χ3n) is 3.06. The summed E-state index contributed by atoms with van der Waals surface area (Å²) >= 11 is 2.53. The summed E-state index contributed by atoms with van der Waals surface area (Å²) in [5.74, 6) is -35.2. The highest BCUT2D eigenvalue weighted by Gasteiger charge is 2.87. The Morgan fingerprint density at radius 2 is 1.20 bits per heavy atom. The van der Waals surface area contributed by atoms with Crippen molar-refractivity contribution in [1.29, 1.82) is 0 Å². The second kappa shape index (κ2) is 6.23. The van der Waals surface area contributed by atoms with Crippen LogP contribution in [0.4, 0.5) is 52.7 Å². The highest BCUT2D eigenvalue weighted by molar-refractivity contribution is 9.10. The molecule has 0 nitrogen and oxygen atoms in total. The SMILES string of the molecule is FC(F)C(F)(F)C(F)(F)C(F)(F)C(F)(F)C(F)(F)c1cccc(Br)c1. The molecule has 0 atom stereocenters. The molecule has 0 aromatic heterocycles. The average molecular weight is 457 g/mol. The van der Waals surface area contributed by atoms with Crippen LogP contribution in [0.2, 0.25) is 0 Å². The van der Waals surface area contributed by atoms with Crippen molar-refractivity contribution in [3.05, 3.63) is 34.3 Å². The first kappa shape index (κ1) is 21.9. The summed E-state index contributed by atoms with van der Waals surface area (Å²) in [7, 11) is 0. The first-order chi connectivity index (χ1) is 10.9. The first-order valence-corrected chi connectivity index (χ1v) is 6.67. The molecule has 0 aliphatic carbocycles. The molecular formula is C12H5BrF12. The van der Waals surface area contributed by atoms with Gasteiger partial charge in [-0.25, -0.2) is 8.78 Å². The minimum absolute atomic E-state index is 0.137. The highest BCUT2D eigenvalue weighted by atomic mass is 79.9. The van der Waals surface area contributed by atoms with E-state index in [0.29, 0.717) is 6.07 Å². The van der Waals surface area contributed by atoms with E-state index in [2.05, 4.69) is 15.9 Å². The van der Waals surface area contributed by atoms with Crippen molar-refractivity contribution in [2.75, 3.05) is 0 Å². The van der Waals surface area contributed by atoms with Crippen LogP contribution in [0, 0.1) is 0 Å². The third kappa shape index (κ3) is 3.08. The number of rotatable bonds is 6. The highest BCUT2D eigenvalue weighted by Crippen LogP contribution is 2.60. The van der Waals surface area contributed by atoms with Crippen molar-refractivity contribution in [2.24, 2.45) is 0 Å². The summed E-state index contributed by atoms with van der Waals surface area (Å²) in [5, 5.41) is 0. The smallest absolute Gasteiger partial charge is 0.203 e. The predicted octanol–water partition coefficient (Wildman–Crippen LogP) is 6.35. The van der Waals surface area contributed by atoms with Crippen LogP contribution in [-0.2, 0) is 5.92 Å². The summed E-state index contributed by atoms with van der Waals surface area (Å²) in [5.41, 5.74) is -1.93. The van der Waals surface area contributed by atoms with Gasteiger partial charge in [0.05, 0.1) is 0 Å². The number of alkyl halides is 12. The lowest BCUT2D eigenvalue weighted by molar-refractivity contribution is -0.415. The van der Waals surface area contributed by atoms with Gasteiger partial charge in [-0.2, -0.15) is 43.9 Å². The van der Waals surface area contributed by atoms with Gasteiger partial charge in [-0.05, 0) is 12.1 Å². The fourth-order valence-electron chi connectivity index (χ4n) is 1.61. The summed E-state index contributed by atoms with van der Waals surface area (Å²) in [6, 6.07) is 1.91. The van der Waals surface area contributed by atoms with Gasteiger partial charge in [0.1, 0.15) is 0 Å². The maximum atomic E-state index is 13.7. The Bertz CT molecular complexity index is 624. The fraction of sp³-hybridized carbons (Fsp3) is 0.500. The van der Waals surface area contributed by atoms with E-state index in [1.165, 1.54) is 0 Å². The monoisotopic (exact) mass is 456 g/mol. The molecular weight excluding hydrogens is 452 g/mol. The molecule has 0 aliphatic rings. The molecule has 144 valence electrons. The molecule has 0 amide bonds. The molecule has 13 heteroatoms. The topological polar surface area (TPSA) is 0 Å². The van der Waals surface area contributed by atoms with Gasteiger partial charge in [-0.15, -0.1) is 0 Å². The third-order valence-corrected chi connectivity index (χ3v) is 3.56. The number of benzene rings is 1. The van der Waals surface area contributed by atoms with Crippen LogP contribution in [0.25, 0.3) is 0 Å². The summed E-state index contributed by atoms with van der Waals surface area (Å²) in [6.45, 7) is 0. The quantitative estimate of drug-likeness (QED) is 0.437. The van der Waals surface area contributed by atoms with Gasteiger partial charge < -0.3 is 0 Å². The van der Waals surface area contributed by atoms with Crippen LogP contribution in [0.1, 0.15) is 5.56 Å². The van der Waals surface area contributed by atoms with Crippen molar-refractivity contribution >= 4 is 15.9 Å². The molecule has 0 radical (unpaired) electrons. The average Bonchev–Trinajstić information content (AvgIpc) is 2.46. The molecule has 0 unspecified atom stereocenters. The van der Waals surface area contributed by atoms with E-state index in [1.807, 2.05) is 0 Å². The number of halogens is 13.